The zero-order valence-corrected chi connectivity index (χ0v) is 13.0. The summed E-state index contributed by atoms with van der Waals surface area (Å²) in [4.78, 5) is 35.4. The average molecular weight is 303 g/mol. The van der Waals surface area contributed by atoms with Crippen molar-refractivity contribution in [3.05, 3.63) is 29.8 Å². The topological polar surface area (TPSA) is 87.3 Å². The van der Waals surface area contributed by atoms with Crippen molar-refractivity contribution in [1.82, 2.24) is 10.9 Å². The van der Waals surface area contributed by atoms with Gasteiger partial charge in [-0.2, -0.15) is 0 Å². The Hall–Kier alpha value is -2.37. The molecule has 118 valence electrons. The van der Waals surface area contributed by atoms with E-state index in [1.165, 1.54) is 0 Å². The van der Waals surface area contributed by atoms with Gasteiger partial charge in [-0.05, 0) is 31.0 Å². The molecule has 0 radical (unpaired) electrons. The fraction of sp³-hybridized carbons (Fsp3) is 0.438. The molecule has 3 N–H and O–H groups in total. The van der Waals surface area contributed by atoms with Gasteiger partial charge in [-0.1, -0.05) is 26.8 Å². The molecule has 1 saturated carbocycles. The Balaban J connectivity index is 1.96. The first kappa shape index (κ1) is 16.0. The third-order valence-electron chi connectivity index (χ3n) is 3.31. The maximum absolute atomic E-state index is 12.0. The van der Waals surface area contributed by atoms with Gasteiger partial charge < -0.3 is 5.32 Å². The van der Waals surface area contributed by atoms with E-state index in [0.717, 1.165) is 12.8 Å². The zero-order valence-electron chi connectivity index (χ0n) is 13.0. The predicted octanol–water partition coefficient (Wildman–Crippen LogP) is 1.84. The maximum Gasteiger partial charge on any atom is 0.269 e. The van der Waals surface area contributed by atoms with E-state index < -0.39 is 11.3 Å². The normalized spacial score (nSPS) is 14.1. The van der Waals surface area contributed by atoms with Gasteiger partial charge in [0.15, 0.2) is 0 Å². The molecule has 0 aromatic heterocycles. The second kappa shape index (κ2) is 6.17. The van der Waals surface area contributed by atoms with Gasteiger partial charge in [-0.15, -0.1) is 0 Å². The van der Waals surface area contributed by atoms with Crippen molar-refractivity contribution in [3.63, 3.8) is 0 Å². The highest BCUT2D eigenvalue weighted by Gasteiger charge is 2.29. The summed E-state index contributed by atoms with van der Waals surface area (Å²) in [5.41, 5.74) is 5.17. The molecular weight excluding hydrogens is 282 g/mol. The first-order valence-electron chi connectivity index (χ1n) is 7.29. The fourth-order valence-electron chi connectivity index (χ4n) is 1.69. The van der Waals surface area contributed by atoms with Crippen LogP contribution in [-0.4, -0.2) is 17.7 Å². The molecule has 0 heterocycles. The van der Waals surface area contributed by atoms with Crippen LogP contribution in [0.2, 0.25) is 0 Å². The second-order valence-electron chi connectivity index (χ2n) is 6.50. The van der Waals surface area contributed by atoms with Gasteiger partial charge in [0.25, 0.3) is 5.91 Å². The number of carbonyl (C=O) groups excluding carboxylic acids is 3. The molecular formula is C16H21N3O3. The summed E-state index contributed by atoms with van der Waals surface area (Å²) in [6, 6.07) is 6.58. The van der Waals surface area contributed by atoms with E-state index in [2.05, 4.69) is 16.2 Å². The highest BCUT2D eigenvalue weighted by atomic mass is 16.2. The molecule has 6 nitrogen and oxygen atoms in total. The van der Waals surface area contributed by atoms with Crippen LogP contribution >= 0.6 is 0 Å². The van der Waals surface area contributed by atoms with Crippen LogP contribution in [0.25, 0.3) is 0 Å². The van der Waals surface area contributed by atoms with Crippen LogP contribution in [0.15, 0.2) is 24.3 Å². The monoisotopic (exact) mass is 303 g/mol. The molecule has 6 heteroatoms. The highest BCUT2D eigenvalue weighted by Crippen LogP contribution is 2.28. The molecule has 2 rings (SSSR count). The number of rotatable bonds is 3. The van der Waals surface area contributed by atoms with Crippen molar-refractivity contribution in [2.75, 3.05) is 5.32 Å². The largest absolute Gasteiger partial charge is 0.326 e. The molecule has 0 aliphatic heterocycles. The van der Waals surface area contributed by atoms with E-state index in [-0.39, 0.29) is 17.7 Å². The zero-order chi connectivity index (χ0) is 16.3. The minimum absolute atomic E-state index is 0.0257. The van der Waals surface area contributed by atoms with Gasteiger partial charge in [-0.3, -0.25) is 25.2 Å². The first-order chi connectivity index (χ1) is 10.3. The van der Waals surface area contributed by atoms with Crippen LogP contribution in [0.5, 0.6) is 0 Å². The van der Waals surface area contributed by atoms with Crippen LogP contribution in [-0.2, 0) is 9.59 Å². The molecule has 1 aliphatic rings. The van der Waals surface area contributed by atoms with Crippen molar-refractivity contribution >= 4 is 23.4 Å². The lowest BCUT2D eigenvalue weighted by Crippen LogP contribution is -2.42. The van der Waals surface area contributed by atoms with Crippen LogP contribution in [0.1, 0.15) is 44.0 Å². The van der Waals surface area contributed by atoms with E-state index >= 15 is 0 Å². The summed E-state index contributed by atoms with van der Waals surface area (Å²) in [6.45, 7) is 5.44. The molecule has 1 aromatic rings. The van der Waals surface area contributed by atoms with Crippen LogP contribution < -0.4 is 16.2 Å². The summed E-state index contributed by atoms with van der Waals surface area (Å²) >= 11 is 0. The number of hydrogen-bond donors (Lipinski definition) is 3. The fourth-order valence-corrected chi connectivity index (χ4v) is 1.69. The lowest BCUT2D eigenvalue weighted by atomic mass is 9.95. The van der Waals surface area contributed by atoms with E-state index in [9.17, 15) is 14.4 Å². The number of hydrogen-bond acceptors (Lipinski definition) is 3. The van der Waals surface area contributed by atoms with Crippen LogP contribution in [0.4, 0.5) is 5.69 Å². The van der Waals surface area contributed by atoms with E-state index in [0.29, 0.717) is 11.3 Å². The number of carbonyl (C=O) groups is 3. The second-order valence-corrected chi connectivity index (χ2v) is 6.50. The standard InChI is InChI=1S/C16H21N3O3/c1-16(2,3)15(22)17-12-6-4-5-11(9-12)14(21)19-18-13(20)10-7-8-10/h4-6,9-10H,7-8H2,1-3H3,(H,17,22)(H,18,20)(H,19,21). The lowest BCUT2D eigenvalue weighted by molar-refractivity contribution is -0.123. The maximum atomic E-state index is 12.0. The minimum atomic E-state index is -0.517. The molecule has 1 aliphatic carbocycles. The van der Waals surface area contributed by atoms with Gasteiger partial charge in [0, 0.05) is 22.6 Å². The predicted molar refractivity (Wildman–Crippen MR) is 82.9 cm³/mol. The quantitative estimate of drug-likeness (QED) is 0.745. The van der Waals surface area contributed by atoms with Crippen molar-refractivity contribution in [2.45, 2.75) is 33.6 Å². The molecule has 0 unspecified atom stereocenters. The molecule has 0 saturated heterocycles. The van der Waals surface area contributed by atoms with Crippen molar-refractivity contribution in [3.8, 4) is 0 Å². The van der Waals surface area contributed by atoms with E-state index in [4.69, 9.17) is 0 Å². The Morgan fingerprint density at radius 3 is 2.36 bits per heavy atom. The van der Waals surface area contributed by atoms with E-state index in [1.54, 1.807) is 24.3 Å². The number of hydrazine groups is 1. The Labute approximate surface area is 129 Å². The summed E-state index contributed by atoms with van der Waals surface area (Å²) in [5, 5.41) is 2.76. The van der Waals surface area contributed by atoms with E-state index in [1.807, 2.05) is 20.8 Å². The number of benzene rings is 1. The first-order valence-corrected chi connectivity index (χ1v) is 7.29. The van der Waals surface area contributed by atoms with Crippen molar-refractivity contribution < 1.29 is 14.4 Å². The Morgan fingerprint density at radius 1 is 1.09 bits per heavy atom. The average Bonchev–Trinajstić information content (AvgIpc) is 3.28. The number of nitrogens with one attached hydrogen (secondary N) is 3. The summed E-state index contributed by atoms with van der Waals surface area (Å²) in [6.07, 6.45) is 1.74. The lowest BCUT2D eigenvalue weighted by Gasteiger charge is -2.18. The van der Waals surface area contributed by atoms with Gasteiger partial charge >= 0.3 is 0 Å². The minimum Gasteiger partial charge on any atom is -0.326 e. The van der Waals surface area contributed by atoms with Gasteiger partial charge in [-0.25, -0.2) is 0 Å². The summed E-state index contributed by atoms with van der Waals surface area (Å²) in [7, 11) is 0. The molecule has 1 fully saturated rings. The summed E-state index contributed by atoms with van der Waals surface area (Å²) < 4.78 is 0. The van der Waals surface area contributed by atoms with Crippen LogP contribution in [0, 0.1) is 11.3 Å². The van der Waals surface area contributed by atoms with Gasteiger partial charge in [0.05, 0.1) is 0 Å². The van der Waals surface area contributed by atoms with Gasteiger partial charge in [0.2, 0.25) is 11.8 Å². The Bertz CT molecular complexity index is 601. The highest BCUT2D eigenvalue weighted by molar-refractivity contribution is 5.99. The molecule has 0 bridgehead atoms. The molecule has 3 amide bonds. The van der Waals surface area contributed by atoms with Gasteiger partial charge in [0.1, 0.15) is 0 Å². The van der Waals surface area contributed by atoms with Crippen LogP contribution in [0.3, 0.4) is 0 Å². The smallest absolute Gasteiger partial charge is 0.269 e. The third-order valence-corrected chi connectivity index (χ3v) is 3.31. The van der Waals surface area contributed by atoms with Crippen molar-refractivity contribution in [2.24, 2.45) is 11.3 Å². The molecule has 0 spiro atoms. The Kier molecular flexibility index (Phi) is 4.49. The molecule has 22 heavy (non-hydrogen) atoms. The molecule has 1 aromatic carbocycles. The van der Waals surface area contributed by atoms with Crippen molar-refractivity contribution in [1.29, 1.82) is 0 Å². The summed E-state index contributed by atoms with van der Waals surface area (Å²) in [5.74, 6) is -0.684. The molecule has 0 atom stereocenters. The third kappa shape index (κ3) is 4.31. The Morgan fingerprint density at radius 2 is 1.77 bits per heavy atom. The number of amides is 3. The SMILES string of the molecule is CC(C)(C)C(=O)Nc1cccc(C(=O)NNC(=O)C2CC2)c1. The number of anilines is 1.